The molecule has 3 aromatic rings. The molecule has 0 bridgehead atoms. The Balaban J connectivity index is 2.07. The molecule has 3 rings (SSSR count). The summed E-state index contributed by atoms with van der Waals surface area (Å²) < 4.78 is 0. The topological polar surface area (TPSA) is 28.7 Å². The van der Waals surface area contributed by atoms with Gasteiger partial charge in [-0.25, -0.2) is 0 Å². The standard InChI is InChI=1S/C17H18N2/c1-17(2,3)13-10-8-12(9-11-13)16-14-6-4-5-7-15(14)18-19-16/h4-11H,1-3H3,(H,18,19). The molecule has 0 radical (unpaired) electrons. The number of H-pyrrole nitrogens is 1. The molecular weight excluding hydrogens is 232 g/mol. The Morgan fingerprint density at radius 1 is 0.895 bits per heavy atom. The molecule has 0 fully saturated rings. The predicted octanol–water partition coefficient (Wildman–Crippen LogP) is 4.53. The summed E-state index contributed by atoms with van der Waals surface area (Å²) in [5.41, 5.74) is 4.79. The zero-order valence-corrected chi connectivity index (χ0v) is 11.6. The number of hydrogen-bond donors (Lipinski definition) is 1. The van der Waals surface area contributed by atoms with Gasteiger partial charge < -0.3 is 0 Å². The molecule has 96 valence electrons. The lowest BCUT2D eigenvalue weighted by Crippen LogP contribution is -2.10. The van der Waals surface area contributed by atoms with E-state index in [-0.39, 0.29) is 5.41 Å². The second kappa shape index (κ2) is 4.23. The van der Waals surface area contributed by atoms with Crippen LogP contribution in [0.1, 0.15) is 26.3 Å². The Hall–Kier alpha value is -2.09. The van der Waals surface area contributed by atoms with Crippen LogP contribution in [0.2, 0.25) is 0 Å². The molecule has 1 N–H and O–H groups in total. The van der Waals surface area contributed by atoms with Gasteiger partial charge in [-0.2, -0.15) is 5.10 Å². The van der Waals surface area contributed by atoms with Gasteiger partial charge in [0.05, 0.1) is 11.2 Å². The minimum Gasteiger partial charge on any atom is -0.277 e. The molecule has 1 aromatic heterocycles. The fraction of sp³-hybridized carbons (Fsp3) is 0.235. The van der Waals surface area contributed by atoms with E-state index in [9.17, 15) is 0 Å². The monoisotopic (exact) mass is 250 g/mol. The molecule has 0 aliphatic rings. The third kappa shape index (κ3) is 2.14. The van der Waals surface area contributed by atoms with Crippen molar-refractivity contribution in [2.24, 2.45) is 0 Å². The SMILES string of the molecule is CC(C)(C)c1ccc(-c2n[nH]c3ccccc23)cc1. The highest BCUT2D eigenvalue weighted by molar-refractivity contribution is 5.92. The van der Waals surface area contributed by atoms with Gasteiger partial charge in [0.25, 0.3) is 0 Å². The molecule has 19 heavy (non-hydrogen) atoms. The van der Waals surface area contributed by atoms with Crippen LogP contribution >= 0.6 is 0 Å². The second-order valence-corrected chi connectivity index (χ2v) is 5.95. The van der Waals surface area contributed by atoms with Crippen molar-refractivity contribution in [2.75, 3.05) is 0 Å². The highest BCUT2D eigenvalue weighted by Gasteiger charge is 2.14. The molecule has 0 saturated carbocycles. The van der Waals surface area contributed by atoms with Crippen LogP contribution in [0, 0.1) is 0 Å². The lowest BCUT2D eigenvalue weighted by atomic mass is 9.86. The fourth-order valence-electron chi connectivity index (χ4n) is 2.31. The zero-order chi connectivity index (χ0) is 13.5. The van der Waals surface area contributed by atoms with Crippen molar-refractivity contribution in [1.82, 2.24) is 10.2 Å². The van der Waals surface area contributed by atoms with Crippen LogP contribution < -0.4 is 0 Å². The van der Waals surface area contributed by atoms with E-state index in [1.165, 1.54) is 10.9 Å². The van der Waals surface area contributed by atoms with Crippen LogP contribution in [-0.4, -0.2) is 10.2 Å². The Morgan fingerprint density at radius 3 is 2.26 bits per heavy atom. The first-order chi connectivity index (χ1) is 9.05. The number of fused-ring (bicyclic) bond motifs is 1. The summed E-state index contributed by atoms with van der Waals surface area (Å²) in [6.07, 6.45) is 0. The third-order valence-electron chi connectivity index (χ3n) is 3.49. The largest absolute Gasteiger partial charge is 0.277 e. The molecular formula is C17H18N2. The average Bonchev–Trinajstić information content (AvgIpc) is 2.82. The molecule has 0 unspecified atom stereocenters. The van der Waals surface area contributed by atoms with Gasteiger partial charge in [0.15, 0.2) is 0 Å². The zero-order valence-electron chi connectivity index (χ0n) is 11.6. The minimum absolute atomic E-state index is 0.187. The Kier molecular flexibility index (Phi) is 2.67. The summed E-state index contributed by atoms with van der Waals surface area (Å²) in [5.74, 6) is 0. The van der Waals surface area contributed by atoms with Crippen LogP contribution in [-0.2, 0) is 5.41 Å². The minimum atomic E-state index is 0.187. The van der Waals surface area contributed by atoms with Gasteiger partial charge in [-0.1, -0.05) is 63.2 Å². The highest BCUT2D eigenvalue weighted by Crippen LogP contribution is 2.28. The number of aromatic amines is 1. The van der Waals surface area contributed by atoms with Crippen molar-refractivity contribution in [3.63, 3.8) is 0 Å². The van der Waals surface area contributed by atoms with Crippen LogP contribution in [0.5, 0.6) is 0 Å². The first-order valence-corrected chi connectivity index (χ1v) is 6.60. The first-order valence-electron chi connectivity index (χ1n) is 6.60. The summed E-state index contributed by atoms with van der Waals surface area (Å²) in [6.45, 7) is 6.68. The molecule has 2 aromatic carbocycles. The number of benzene rings is 2. The lowest BCUT2D eigenvalue weighted by molar-refractivity contribution is 0.590. The molecule has 2 heteroatoms. The van der Waals surface area contributed by atoms with E-state index in [2.05, 4.69) is 67.4 Å². The molecule has 0 aliphatic heterocycles. The number of nitrogens with one attached hydrogen (secondary N) is 1. The molecule has 0 aliphatic carbocycles. The van der Waals surface area contributed by atoms with Gasteiger partial charge in [-0.15, -0.1) is 0 Å². The van der Waals surface area contributed by atoms with E-state index < -0.39 is 0 Å². The highest BCUT2D eigenvalue weighted by atomic mass is 15.1. The maximum absolute atomic E-state index is 4.43. The number of hydrogen-bond acceptors (Lipinski definition) is 1. The molecule has 0 saturated heterocycles. The number of rotatable bonds is 1. The maximum Gasteiger partial charge on any atom is 0.0999 e. The summed E-state index contributed by atoms with van der Waals surface area (Å²) in [4.78, 5) is 0. The summed E-state index contributed by atoms with van der Waals surface area (Å²) in [5, 5.41) is 8.69. The van der Waals surface area contributed by atoms with Gasteiger partial charge in [0.1, 0.15) is 0 Å². The van der Waals surface area contributed by atoms with Crippen LogP contribution in [0.25, 0.3) is 22.2 Å². The van der Waals surface area contributed by atoms with E-state index in [0.29, 0.717) is 0 Å². The van der Waals surface area contributed by atoms with Crippen molar-refractivity contribution in [2.45, 2.75) is 26.2 Å². The third-order valence-corrected chi connectivity index (χ3v) is 3.49. The summed E-state index contributed by atoms with van der Waals surface area (Å²) in [6, 6.07) is 16.9. The van der Waals surface area contributed by atoms with Crippen molar-refractivity contribution in [3.05, 3.63) is 54.1 Å². The van der Waals surface area contributed by atoms with Crippen molar-refractivity contribution in [1.29, 1.82) is 0 Å². The molecule has 0 atom stereocenters. The number of aromatic nitrogens is 2. The Labute approximate surface area is 113 Å². The summed E-state index contributed by atoms with van der Waals surface area (Å²) >= 11 is 0. The molecule has 2 nitrogen and oxygen atoms in total. The van der Waals surface area contributed by atoms with Gasteiger partial charge in [-0.3, -0.25) is 5.10 Å². The van der Waals surface area contributed by atoms with E-state index in [1.54, 1.807) is 0 Å². The second-order valence-electron chi connectivity index (χ2n) is 5.95. The average molecular weight is 250 g/mol. The fourth-order valence-corrected chi connectivity index (χ4v) is 2.31. The van der Waals surface area contributed by atoms with Crippen molar-refractivity contribution >= 4 is 10.9 Å². The van der Waals surface area contributed by atoms with Gasteiger partial charge >= 0.3 is 0 Å². The Bertz CT molecular complexity index is 700. The summed E-state index contributed by atoms with van der Waals surface area (Å²) in [7, 11) is 0. The Morgan fingerprint density at radius 2 is 1.58 bits per heavy atom. The smallest absolute Gasteiger partial charge is 0.0999 e. The van der Waals surface area contributed by atoms with E-state index in [4.69, 9.17) is 0 Å². The first kappa shape index (κ1) is 12.0. The molecule has 0 amide bonds. The lowest BCUT2D eigenvalue weighted by Gasteiger charge is -2.18. The normalized spacial score (nSPS) is 11.9. The van der Waals surface area contributed by atoms with Gasteiger partial charge in [-0.05, 0) is 17.0 Å². The number of para-hydroxylation sites is 1. The van der Waals surface area contributed by atoms with Crippen LogP contribution in [0.15, 0.2) is 48.5 Å². The van der Waals surface area contributed by atoms with Gasteiger partial charge in [0.2, 0.25) is 0 Å². The van der Waals surface area contributed by atoms with E-state index >= 15 is 0 Å². The molecule has 1 heterocycles. The van der Waals surface area contributed by atoms with Gasteiger partial charge in [0, 0.05) is 10.9 Å². The quantitative estimate of drug-likeness (QED) is 0.675. The maximum atomic E-state index is 4.43. The predicted molar refractivity (Wildman–Crippen MR) is 80.2 cm³/mol. The van der Waals surface area contributed by atoms with E-state index in [1.807, 2.05) is 12.1 Å². The van der Waals surface area contributed by atoms with Crippen LogP contribution in [0.3, 0.4) is 0 Å². The number of nitrogens with zero attached hydrogens (tertiary/aromatic N) is 1. The van der Waals surface area contributed by atoms with E-state index in [0.717, 1.165) is 16.8 Å². The van der Waals surface area contributed by atoms with Crippen molar-refractivity contribution < 1.29 is 0 Å². The van der Waals surface area contributed by atoms with Crippen molar-refractivity contribution in [3.8, 4) is 11.3 Å². The van der Waals surface area contributed by atoms with Crippen LogP contribution in [0.4, 0.5) is 0 Å². The molecule has 0 spiro atoms.